The maximum absolute atomic E-state index is 13.0. The molecule has 0 radical (unpaired) electrons. The van der Waals surface area contributed by atoms with Crippen LogP contribution in [0.3, 0.4) is 0 Å². The first-order valence-corrected chi connectivity index (χ1v) is 13.5. The number of amides is 1. The summed E-state index contributed by atoms with van der Waals surface area (Å²) in [6, 6.07) is 18.8. The number of anilines is 2. The highest BCUT2D eigenvalue weighted by Crippen LogP contribution is 2.38. The summed E-state index contributed by atoms with van der Waals surface area (Å²) in [5.74, 6) is -1.06. The van der Waals surface area contributed by atoms with Gasteiger partial charge in [-0.25, -0.2) is 14.8 Å². The smallest absolute Gasteiger partial charge is 0.480 e. The number of rotatable bonds is 7. The van der Waals surface area contributed by atoms with Crippen LogP contribution in [-0.2, 0) is 9.59 Å². The molecule has 9 nitrogen and oxygen atoms in total. The number of ether oxygens (including phenoxy) is 1. The van der Waals surface area contributed by atoms with E-state index in [1.165, 1.54) is 18.2 Å². The van der Waals surface area contributed by atoms with Crippen molar-refractivity contribution in [3.05, 3.63) is 78.6 Å². The number of nitrogens with zero attached hydrogens (tertiary/aromatic N) is 3. The van der Waals surface area contributed by atoms with Crippen LogP contribution in [0.15, 0.2) is 77.2 Å². The molecule has 0 unspecified atom stereocenters. The van der Waals surface area contributed by atoms with Crippen LogP contribution in [0.25, 0.3) is 33.2 Å². The number of para-hydroxylation sites is 1. The number of halogens is 3. The van der Waals surface area contributed by atoms with Gasteiger partial charge in [-0.3, -0.25) is 4.79 Å². The zero-order chi connectivity index (χ0) is 30.3. The lowest BCUT2D eigenvalue weighted by molar-refractivity contribution is -0.274. The summed E-state index contributed by atoms with van der Waals surface area (Å²) in [6.45, 7) is 2.02. The molecule has 6 rings (SSSR count). The second-order valence-corrected chi connectivity index (χ2v) is 10.4. The van der Waals surface area contributed by atoms with Gasteiger partial charge in [-0.15, -0.1) is 13.2 Å². The van der Waals surface area contributed by atoms with E-state index in [1.54, 1.807) is 42.2 Å². The number of furan rings is 1. The Bertz CT molecular complexity index is 1840. The molecule has 1 fully saturated rings. The molecule has 1 aliphatic heterocycles. The fourth-order valence-electron chi connectivity index (χ4n) is 5.51. The Morgan fingerprint density at radius 2 is 1.81 bits per heavy atom. The number of carbonyl (C=O) groups excluding carboxylic acids is 1. The lowest BCUT2D eigenvalue weighted by Gasteiger charge is -2.22. The first kappa shape index (κ1) is 28.0. The number of hydrogen-bond acceptors (Lipinski definition) is 7. The molecule has 2 N–H and O–H groups in total. The molecule has 0 aliphatic carbocycles. The van der Waals surface area contributed by atoms with Gasteiger partial charge in [0.15, 0.2) is 11.4 Å². The fourth-order valence-corrected chi connectivity index (χ4v) is 5.51. The van der Waals surface area contributed by atoms with Crippen LogP contribution in [0.2, 0.25) is 0 Å². The van der Waals surface area contributed by atoms with Gasteiger partial charge in [0.2, 0.25) is 5.91 Å². The van der Waals surface area contributed by atoms with E-state index >= 15 is 0 Å². The third kappa shape index (κ3) is 5.94. The minimum atomic E-state index is -4.79. The van der Waals surface area contributed by atoms with E-state index in [0.717, 1.165) is 5.39 Å². The highest BCUT2D eigenvalue weighted by atomic mass is 19.4. The number of aromatic nitrogens is 2. The van der Waals surface area contributed by atoms with E-state index < -0.39 is 18.4 Å². The number of nitrogens with one attached hydrogen (secondary N) is 1. The zero-order valence-electron chi connectivity index (χ0n) is 22.8. The summed E-state index contributed by atoms with van der Waals surface area (Å²) in [5.41, 5.74) is 3.28. The number of aliphatic carboxylic acids is 1. The molecule has 3 aromatic carbocycles. The molecule has 0 saturated carbocycles. The number of benzene rings is 3. The van der Waals surface area contributed by atoms with E-state index in [9.17, 15) is 27.9 Å². The van der Waals surface area contributed by atoms with E-state index in [4.69, 9.17) is 4.42 Å². The number of fused-ring (bicyclic) bond motifs is 3. The van der Waals surface area contributed by atoms with Crippen LogP contribution in [0, 0.1) is 12.8 Å². The molecule has 0 spiro atoms. The van der Waals surface area contributed by atoms with Gasteiger partial charge in [-0.2, -0.15) is 0 Å². The predicted octanol–water partition coefficient (Wildman–Crippen LogP) is 6.56. The Kier molecular flexibility index (Phi) is 7.12. The largest absolute Gasteiger partial charge is 0.573 e. The third-order valence-electron chi connectivity index (χ3n) is 7.30. The van der Waals surface area contributed by atoms with Crippen molar-refractivity contribution in [2.24, 2.45) is 5.92 Å². The van der Waals surface area contributed by atoms with Gasteiger partial charge >= 0.3 is 12.3 Å². The molecule has 220 valence electrons. The van der Waals surface area contributed by atoms with Crippen LogP contribution in [0.1, 0.15) is 18.7 Å². The topological polar surface area (TPSA) is 118 Å². The van der Waals surface area contributed by atoms with Gasteiger partial charge in [0, 0.05) is 24.0 Å². The van der Waals surface area contributed by atoms with Gasteiger partial charge in [0.1, 0.15) is 28.7 Å². The zero-order valence-corrected chi connectivity index (χ0v) is 22.8. The second-order valence-electron chi connectivity index (χ2n) is 10.4. The molecular formula is C31H25F3N4O5. The number of carbonyl (C=O) groups is 2. The Balaban J connectivity index is 1.16. The summed E-state index contributed by atoms with van der Waals surface area (Å²) in [5, 5.41) is 13.7. The van der Waals surface area contributed by atoms with Crippen molar-refractivity contribution in [3.8, 4) is 16.9 Å². The predicted molar refractivity (Wildman–Crippen MR) is 153 cm³/mol. The lowest BCUT2D eigenvalue weighted by Crippen LogP contribution is -2.36. The molecule has 3 heterocycles. The maximum Gasteiger partial charge on any atom is 0.573 e. The van der Waals surface area contributed by atoms with Crippen LogP contribution >= 0.6 is 0 Å². The van der Waals surface area contributed by atoms with Crippen molar-refractivity contribution in [1.29, 1.82) is 0 Å². The van der Waals surface area contributed by atoms with E-state index in [1.807, 2.05) is 24.3 Å². The molecule has 12 heteroatoms. The highest BCUT2D eigenvalue weighted by molar-refractivity contribution is 6.06. The van der Waals surface area contributed by atoms with Gasteiger partial charge in [-0.05, 0) is 66.8 Å². The van der Waals surface area contributed by atoms with Crippen molar-refractivity contribution in [2.45, 2.75) is 32.2 Å². The van der Waals surface area contributed by atoms with Crippen molar-refractivity contribution >= 4 is 45.5 Å². The normalized spacial score (nSPS) is 17.0. The number of carboxylic acid groups (broad SMARTS) is 1. The molecule has 1 saturated heterocycles. The summed E-state index contributed by atoms with van der Waals surface area (Å²) in [4.78, 5) is 36.0. The van der Waals surface area contributed by atoms with Crippen LogP contribution in [-0.4, -0.2) is 45.9 Å². The van der Waals surface area contributed by atoms with Crippen LogP contribution in [0.4, 0.5) is 24.7 Å². The van der Waals surface area contributed by atoms with E-state index in [-0.39, 0.29) is 37.0 Å². The molecule has 5 aromatic rings. The summed E-state index contributed by atoms with van der Waals surface area (Å²) in [7, 11) is 0. The fraction of sp³-hybridized carbons (Fsp3) is 0.226. The third-order valence-corrected chi connectivity index (χ3v) is 7.30. The Morgan fingerprint density at radius 1 is 1.05 bits per heavy atom. The molecule has 2 aromatic heterocycles. The van der Waals surface area contributed by atoms with E-state index in [2.05, 4.69) is 20.0 Å². The number of aryl methyl sites for hydroxylation is 1. The quantitative estimate of drug-likeness (QED) is 0.219. The maximum atomic E-state index is 13.0. The first-order valence-electron chi connectivity index (χ1n) is 13.5. The van der Waals surface area contributed by atoms with Gasteiger partial charge in [-0.1, -0.05) is 36.4 Å². The summed E-state index contributed by atoms with van der Waals surface area (Å²) in [6.07, 6.45) is -4.48. The van der Waals surface area contributed by atoms with Crippen LogP contribution in [0.5, 0.6) is 5.75 Å². The second kappa shape index (κ2) is 10.9. The average molecular weight is 591 g/mol. The van der Waals surface area contributed by atoms with Gasteiger partial charge in [0.05, 0.1) is 0 Å². The molecule has 0 bridgehead atoms. The minimum absolute atomic E-state index is 0.0756. The van der Waals surface area contributed by atoms with Gasteiger partial charge in [0.25, 0.3) is 0 Å². The SMILES string of the molecule is Cc1nc(N2C[C@@H](CC(=O)Nc3ccc(-c4cccc(OC(F)(F)F)c4)cc3)C[C@H]2C(=O)O)c2oc3ccccc3c2n1. The standard InChI is InChI=1S/C31H25F3N4O5/c1-17-35-27-23-7-2-3-8-25(23)42-28(27)29(36-17)38-16-18(13-24(38)30(40)41)14-26(39)37-21-11-9-19(10-12-21)20-5-4-6-22(15-20)43-31(32,33)34/h2-12,15,18,24H,13-14,16H2,1H3,(H,37,39)(H,40,41)/t18-,24+/m1/s1. The molecule has 43 heavy (non-hydrogen) atoms. The molecule has 2 atom stereocenters. The number of carboxylic acids is 1. The van der Waals surface area contributed by atoms with Crippen molar-refractivity contribution in [2.75, 3.05) is 16.8 Å². The summed E-state index contributed by atoms with van der Waals surface area (Å²) >= 11 is 0. The number of hydrogen-bond donors (Lipinski definition) is 2. The number of alkyl halides is 3. The van der Waals surface area contributed by atoms with Crippen molar-refractivity contribution in [3.63, 3.8) is 0 Å². The lowest BCUT2D eigenvalue weighted by atomic mass is 10.0. The van der Waals surface area contributed by atoms with Crippen LogP contribution < -0.4 is 15.0 Å². The first-order chi connectivity index (χ1) is 20.5. The average Bonchev–Trinajstić information content (AvgIpc) is 3.54. The minimum Gasteiger partial charge on any atom is -0.480 e. The Morgan fingerprint density at radius 3 is 2.56 bits per heavy atom. The van der Waals surface area contributed by atoms with Crippen molar-refractivity contribution in [1.82, 2.24) is 9.97 Å². The molecule has 1 amide bonds. The highest BCUT2D eigenvalue weighted by Gasteiger charge is 2.40. The van der Waals surface area contributed by atoms with Gasteiger partial charge < -0.3 is 24.5 Å². The molecular weight excluding hydrogens is 565 g/mol. The summed E-state index contributed by atoms with van der Waals surface area (Å²) < 4.78 is 47.8. The monoisotopic (exact) mass is 590 g/mol. The Hall–Kier alpha value is -5.13. The molecule has 1 aliphatic rings. The van der Waals surface area contributed by atoms with Crippen molar-refractivity contribution < 1.29 is 37.0 Å². The van der Waals surface area contributed by atoms with E-state index in [0.29, 0.717) is 45.1 Å². The Labute approximate surface area is 242 Å².